The maximum absolute atomic E-state index is 14.8. The highest BCUT2D eigenvalue weighted by molar-refractivity contribution is 5.74. The number of fused-ring (bicyclic) bond motifs is 1. The molecule has 0 N–H and O–H groups in total. The largest absolute Gasteiger partial charge is 0.370 e. The van der Waals surface area contributed by atoms with E-state index in [2.05, 4.69) is 15.1 Å². The standard InChI is InChI=1S/C24H22F3N5O2/c1-12-6-14(7-20(34-12)15-9-28-31(3)10-15)19-11-32-23(29-13(2)21(27)24(32)33)22(30-19)17-5-4-16(25)8-18(17)26/h4-5,8-12,14,20H,6-7H2,1-3H3/t12-,14-,20-/m1/s1. The minimum absolute atomic E-state index is 0.00192. The maximum atomic E-state index is 14.8. The fraction of sp³-hybridized carbons (Fsp3) is 0.333. The van der Waals surface area contributed by atoms with E-state index in [-0.39, 0.29) is 40.7 Å². The van der Waals surface area contributed by atoms with Crippen LogP contribution in [0.15, 0.2) is 41.6 Å². The topological polar surface area (TPSA) is 74.3 Å². The Morgan fingerprint density at radius 2 is 1.91 bits per heavy atom. The number of rotatable bonds is 3. The summed E-state index contributed by atoms with van der Waals surface area (Å²) < 4.78 is 51.7. The lowest BCUT2D eigenvalue weighted by molar-refractivity contribution is -0.0506. The molecular formula is C24H22F3N5O2. The third-order valence-corrected chi connectivity index (χ3v) is 6.15. The van der Waals surface area contributed by atoms with E-state index >= 15 is 0 Å². The normalized spacial score (nSPS) is 20.7. The number of aryl methyl sites for hydroxylation is 2. The predicted octanol–water partition coefficient (Wildman–Crippen LogP) is 4.24. The predicted molar refractivity (Wildman–Crippen MR) is 118 cm³/mol. The van der Waals surface area contributed by atoms with E-state index in [1.807, 2.05) is 20.2 Å². The molecule has 1 saturated heterocycles. The second kappa shape index (κ2) is 8.35. The number of benzene rings is 1. The van der Waals surface area contributed by atoms with Crippen LogP contribution in [0.25, 0.3) is 16.9 Å². The van der Waals surface area contributed by atoms with Crippen LogP contribution in [-0.2, 0) is 11.8 Å². The van der Waals surface area contributed by atoms with Gasteiger partial charge in [-0.2, -0.15) is 9.49 Å². The van der Waals surface area contributed by atoms with Gasteiger partial charge in [0.25, 0.3) is 5.56 Å². The minimum Gasteiger partial charge on any atom is -0.370 e. The summed E-state index contributed by atoms with van der Waals surface area (Å²) in [6, 6.07) is 3.09. The number of ether oxygens (including phenoxy) is 1. The lowest BCUT2D eigenvalue weighted by Gasteiger charge is -2.33. The van der Waals surface area contributed by atoms with Gasteiger partial charge in [0, 0.05) is 42.6 Å². The highest BCUT2D eigenvalue weighted by atomic mass is 19.1. The zero-order valence-electron chi connectivity index (χ0n) is 18.8. The van der Waals surface area contributed by atoms with Crippen molar-refractivity contribution in [2.45, 2.75) is 44.8 Å². The smallest absolute Gasteiger partial charge is 0.294 e. The number of nitrogens with zero attached hydrogens (tertiary/aromatic N) is 5. The van der Waals surface area contributed by atoms with Crippen LogP contribution in [0.5, 0.6) is 0 Å². The zero-order valence-corrected chi connectivity index (χ0v) is 18.8. The average molecular weight is 469 g/mol. The van der Waals surface area contributed by atoms with Crippen molar-refractivity contribution in [1.29, 1.82) is 0 Å². The molecule has 3 aromatic heterocycles. The first-order chi connectivity index (χ1) is 16.2. The third-order valence-electron chi connectivity index (χ3n) is 6.15. The van der Waals surface area contributed by atoms with Gasteiger partial charge < -0.3 is 4.74 Å². The van der Waals surface area contributed by atoms with Gasteiger partial charge in [-0.1, -0.05) is 0 Å². The maximum Gasteiger partial charge on any atom is 0.294 e. The van der Waals surface area contributed by atoms with E-state index in [1.54, 1.807) is 10.9 Å². The van der Waals surface area contributed by atoms with Crippen LogP contribution in [-0.4, -0.2) is 30.3 Å². The quantitative estimate of drug-likeness (QED) is 0.449. The molecular weight excluding hydrogens is 447 g/mol. The van der Waals surface area contributed by atoms with E-state index in [4.69, 9.17) is 4.74 Å². The molecule has 10 heteroatoms. The lowest BCUT2D eigenvalue weighted by atomic mass is 9.87. The van der Waals surface area contributed by atoms with Gasteiger partial charge in [0.2, 0.25) is 5.82 Å². The summed E-state index contributed by atoms with van der Waals surface area (Å²) in [5, 5.41) is 4.21. The molecule has 1 aliphatic rings. The number of halogens is 3. The van der Waals surface area contributed by atoms with Crippen molar-refractivity contribution in [1.82, 2.24) is 24.1 Å². The van der Waals surface area contributed by atoms with Crippen molar-refractivity contribution >= 4 is 5.65 Å². The first kappa shape index (κ1) is 22.3. The van der Waals surface area contributed by atoms with Gasteiger partial charge >= 0.3 is 0 Å². The van der Waals surface area contributed by atoms with E-state index in [1.165, 1.54) is 19.2 Å². The average Bonchev–Trinajstić information content (AvgIpc) is 3.23. The SMILES string of the molecule is Cc1nc2c(-c3ccc(F)cc3F)nc([C@@H]3C[C@@H](C)O[C@@H](c4cnn(C)c4)C3)cn2c(=O)c1F. The Labute approximate surface area is 192 Å². The van der Waals surface area contributed by atoms with Crippen LogP contribution in [0.4, 0.5) is 13.2 Å². The Balaban J connectivity index is 1.69. The molecule has 4 heterocycles. The highest BCUT2D eigenvalue weighted by Crippen LogP contribution is 2.40. The first-order valence-electron chi connectivity index (χ1n) is 10.9. The molecule has 34 heavy (non-hydrogen) atoms. The van der Waals surface area contributed by atoms with Crippen molar-refractivity contribution in [3.05, 3.63) is 81.5 Å². The molecule has 1 aromatic carbocycles. The van der Waals surface area contributed by atoms with Gasteiger partial charge in [0.05, 0.1) is 29.8 Å². The Hall–Kier alpha value is -3.53. The zero-order chi connectivity index (χ0) is 24.1. The molecule has 0 bridgehead atoms. The molecule has 176 valence electrons. The number of aromatic nitrogens is 5. The Morgan fingerprint density at radius 1 is 1.12 bits per heavy atom. The van der Waals surface area contributed by atoms with Crippen LogP contribution < -0.4 is 5.56 Å². The van der Waals surface area contributed by atoms with E-state index in [0.29, 0.717) is 18.5 Å². The molecule has 1 aliphatic heterocycles. The van der Waals surface area contributed by atoms with Gasteiger partial charge in [-0.3, -0.25) is 13.9 Å². The van der Waals surface area contributed by atoms with Crippen LogP contribution in [0.1, 0.15) is 48.7 Å². The monoisotopic (exact) mass is 469 g/mol. The summed E-state index contributed by atoms with van der Waals surface area (Å²) in [4.78, 5) is 21.6. The Morgan fingerprint density at radius 3 is 2.62 bits per heavy atom. The second-order valence-electron chi connectivity index (χ2n) is 8.70. The van der Waals surface area contributed by atoms with Crippen LogP contribution in [0.2, 0.25) is 0 Å². The van der Waals surface area contributed by atoms with Crippen molar-refractivity contribution in [2.24, 2.45) is 7.05 Å². The van der Waals surface area contributed by atoms with Gasteiger partial charge in [-0.25, -0.2) is 18.7 Å². The molecule has 0 saturated carbocycles. The van der Waals surface area contributed by atoms with Crippen molar-refractivity contribution in [3.63, 3.8) is 0 Å². The van der Waals surface area contributed by atoms with Crippen LogP contribution in [0.3, 0.4) is 0 Å². The Bertz CT molecular complexity index is 1470. The van der Waals surface area contributed by atoms with Crippen molar-refractivity contribution in [2.75, 3.05) is 0 Å². The van der Waals surface area contributed by atoms with E-state index < -0.39 is 23.0 Å². The van der Waals surface area contributed by atoms with Gasteiger partial charge in [-0.15, -0.1) is 0 Å². The lowest BCUT2D eigenvalue weighted by Crippen LogP contribution is -2.27. The molecule has 0 radical (unpaired) electrons. The van der Waals surface area contributed by atoms with Gasteiger partial charge in [-0.05, 0) is 38.8 Å². The van der Waals surface area contributed by atoms with Crippen LogP contribution in [0, 0.1) is 24.4 Å². The molecule has 5 rings (SSSR count). The molecule has 1 fully saturated rings. The Kier molecular flexibility index (Phi) is 5.47. The minimum atomic E-state index is -0.992. The molecule has 7 nitrogen and oxygen atoms in total. The highest BCUT2D eigenvalue weighted by Gasteiger charge is 2.32. The summed E-state index contributed by atoms with van der Waals surface area (Å²) in [5.74, 6) is -2.76. The van der Waals surface area contributed by atoms with Crippen molar-refractivity contribution < 1.29 is 17.9 Å². The van der Waals surface area contributed by atoms with Gasteiger partial charge in [0.15, 0.2) is 5.65 Å². The molecule has 0 unspecified atom stereocenters. The van der Waals surface area contributed by atoms with Crippen molar-refractivity contribution in [3.8, 4) is 11.3 Å². The second-order valence-corrected chi connectivity index (χ2v) is 8.70. The molecule has 4 aromatic rings. The summed E-state index contributed by atoms with van der Waals surface area (Å²) in [5.41, 5.74) is 0.378. The summed E-state index contributed by atoms with van der Waals surface area (Å²) >= 11 is 0. The number of hydrogen-bond donors (Lipinski definition) is 0. The van der Waals surface area contributed by atoms with E-state index in [9.17, 15) is 18.0 Å². The summed E-state index contributed by atoms with van der Waals surface area (Å²) in [6.45, 7) is 3.29. The first-order valence-corrected chi connectivity index (χ1v) is 10.9. The fourth-order valence-electron chi connectivity index (χ4n) is 4.51. The molecule has 0 aliphatic carbocycles. The molecule has 0 spiro atoms. The van der Waals surface area contributed by atoms with Gasteiger partial charge in [0.1, 0.15) is 17.3 Å². The molecule has 3 atom stereocenters. The van der Waals surface area contributed by atoms with E-state index in [0.717, 1.165) is 22.1 Å². The number of hydrogen-bond acceptors (Lipinski definition) is 5. The molecule has 0 amide bonds. The summed E-state index contributed by atoms with van der Waals surface area (Å²) in [6.07, 6.45) is 5.82. The fourth-order valence-corrected chi connectivity index (χ4v) is 4.51. The summed E-state index contributed by atoms with van der Waals surface area (Å²) in [7, 11) is 1.82. The third kappa shape index (κ3) is 3.87. The van der Waals surface area contributed by atoms with Crippen LogP contribution >= 0.6 is 0 Å².